The molecule has 0 radical (unpaired) electrons. The summed E-state index contributed by atoms with van der Waals surface area (Å²) >= 11 is 0. The number of carbonyl (C=O) groups is 1. The zero-order valence-electron chi connectivity index (χ0n) is 25.5. The third-order valence-electron chi connectivity index (χ3n) is 9.44. The molecule has 0 N–H and O–H groups in total. The quantitative estimate of drug-likeness (QED) is 0.256. The Labute approximate surface area is 263 Å². The molecule has 1 amide bonds. The first-order valence-corrected chi connectivity index (χ1v) is 16.1. The first-order chi connectivity index (χ1) is 22.1. The maximum atomic E-state index is 14.0. The summed E-state index contributed by atoms with van der Waals surface area (Å²) in [5.74, 6) is 1.14. The highest BCUT2D eigenvalue weighted by Gasteiger charge is 2.34. The molecule has 0 bridgehead atoms. The largest absolute Gasteiger partial charge is 0.338 e. The Hall–Kier alpha value is -4.44. The lowest BCUT2D eigenvalue weighted by Gasteiger charge is -2.33. The summed E-state index contributed by atoms with van der Waals surface area (Å²) in [4.78, 5) is 20.1. The van der Waals surface area contributed by atoms with E-state index in [1.54, 1.807) is 17.1 Å². The Kier molecular flexibility index (Phi) is 8.64. The maximum Gasteiger partial charge on any atom is 0.257 e. The zero-order chi connectivity index (χ0) is 30.6. The fraction of sp³-hybridized carbons (Fsp3) is 0.400. The van der Waals surface area contributed by atoms with Gasteiger partial charge in [-0.3, -0.25) is 9.48 Å². The van der Waals surface area contributed by atoms with Crippen LogP contribution in [0.25, 0.3) is 0 Å². The number of likely N-dealkylation sites (tertiary alicyclic amines) is 2. The first kappa shape index (κ1) is 29.3. The van der Waals surface area contributed by atoms with Crippen LogP contribution in [0.15, 0.2) is 90.9 Å². The van der Waals surface area contributed by atoms with Gasteiger partial charge in [0.25, 0.3) is 5.91 Å². The summed E-state index contributed by atoms with van der Waals surface area (Å²) < 4.78 is 15.8. The predicted molar refractivity (Wildman–Crippen MR) is 169 cm³/mol. The molecule has 45 heavy (non-hydrogen) atoms. The molecule has 7 rings (SSSR count). The lowest BCUT2D eigenvalue weighted by molar-refractivity contribution is 0.0788. The monoisotopic (exact) mass is 606 g/mol. The number of nitrogens with zero attached hydrogens (tertiary/aromatic N) is 8. The van der Waals surface area contributed by atoms with E-state index in [9.17, 15) is 9.18 Å². The lowest BCUT2D eigenvalue weighted by atomic mass is 9.90. The fourth-order valence-corrected chi connectivity index (χ4v) is 6.96. The summed E-state index contributed by atoms with van der Waals surface area (Å²) in [5, 5.41) is 17.9. The van der Waals surface area contributed by atoms with Gasteiger partial charge in [0, 0.05) is 37.9 Å². The van der Waals surface area contributed by atoms with Crippen LogP contribution in [-0.2, 0) is 13.0 Å². The molecule has 232 valence electrons. The van der Waals surface area contributed by atoms with Crippen LogP contribution >= 0.6 is 0 Å². The van der Waals surface area contributed by atoms with Crippen molar-refractivity contribution in [2.45, 2.75) is 56.5 Å². The average molecular weight is 607 g/mol. The van der Waals surface area contributed by atoms with Gasteiger partial charge >= 0.3 is 0 Å². The van der Waals surface area contributed by atoms with Crippen LogP contribution in [-0.4, -0.2) is 78.4 Å². The molecule has 3 aliphatic rings. The van der Waals surface area contributed by atoms with Gasteiger partial charge in [0.05, 0.1) is 30.0 Å². The summed E-state index contributed by atoms with van der Waals surface area (Å²) in [7, 11) is 0. The van der Waals surface area contributed by atoms with Gasteiger partial charge in [-0.2, -0.15) is 9.90 Å². The van der Waals surface area contributed by atoms with Gasteiger partial charge in [-0.1, -0.05) is 66.7 Å². The molecule has 1 aliphatic carbocycles. The summed E-state index contributed by atoms with van der Waals surface area (Å²) in [5.41, 5.74) is 4.13. The minimum atomic E-state index is -0.219. The normalized spacial score (nSPS) is 20.9. The topological polar surface area (TPSA) is 85.0 Å². The van der Waals surface area contributed by atoms with E-state index in [1.807, 2.05) is 39.9 Å². The summed E-state index contributed by atoms with van der Waals surface area (Å²) in [6, 6.07) is 20.5. The second kappa shape index (κ2) is 13.3. The first-order valence-electron chi connectivity index (χ1n) is 16.1. The maximum absolute atomic E-state index is 14.0. The number of hydrogen-bond donors (Lipinski definition) is 0. The van der Waals surface area contributed by atoms with Crippen LogP contribution in [0.2, 0.25) is 0 Å². The van der Waals surface area contributed by atoms with Crippen molar-refractivity contribution in [3.05, 3.63) is 119 Å². The predicted octanol–water partition coefficient (Wildman–Crippen LogP) is 5.32. The van der Waals surface area contributed by atoms with Crippen LogP contribution in [0, 0.1) is 0 Å². The van der Waals surface area contributed by atoms with Crippen LogP contribution in [0.3, 0.4) is 0 Å². The van der Waals surface area contributed by atoms with E-state index < -0.39 is 0 Å². The van der Waals surface area contributed by atoms with Crippen molar-refractivity contribution in [1.82, 2.24) is 39.8 Å². The van der Waals surface area contributed by atoms with Crippen LogP contribution < -0.4 is 0 Å². The molecule has 2 aromatic carbocycles. The van der Waals surface area contributed by atoms with Crippen molar-refractivity contribution < 1.29 is 9.18 Å². The number of hydrogen-bond acceptors (Lipinski definition) is 6. The highest BCUT2D eigenvalue weighted by Crippen LogP contribution is 2.36. The molecule has 2 aliphatic heterocycles. The van der Waals surface area contributed by atoms with Crippen LogP contribution in [0.5, 0.6) is 0 Å². The molecule has 10 heteroatoms. The minimum Gasteiger partial charge on any atom is -0.338 e. The van der Waals surface area contributed by atoms with E-state index in [0.29, 0.717) is 31.0 Å². The Morgan fingerprint density at radius 1 is 0.933 bits per heavy atom. The van der Waals surface area contributed by atoms with Crippen LogP contribution in [0.1, 0.15) is 76.6 Å². The van der Waals surface area contributed by atoms with Gasteiger partial charge in [0.15, 0.2) is 5.82 Å². The van der Waals surface area contributed by atoms with Crippen molar-refractivity contribution in [2.75, 3.05) is 32.7 Å². The van der Waals surface area contributed by atoms with Crippen molar-refractivity contribution in [1.29, 1.82) is 0 Å². The number of halogens is 1. The smallest absolute Gasteiger partial charge is 0.257 e. The molecule has 9 nitrogen and oxygen atoms in total. The van der Waals surface area contributed by atoms with Gasteiger partial charge in [-0.05, 0) is 67.3 Å². The van der Waals surface area contributed by atoms with E-state index in [-0.39, 0.29) is 23.7 Å². The van der Waals surface area contributed by atoms with E-state index in [4.69, 9.17) is 5.10 Å². The molecular weight excluding hydrogens is 567 g/mol. The molecular formula is C35H39FN8O. The van der Waals surface area contributed by atoms with E-state index in [1.165, 1.54) is 11.6 Å². The molecule has 2 aromatic heterocycles. The summed E-state index contributed by atoms with van der Waals surface area (Å²) in [6.45, 7) is 4.75. The van der Waals surface area contributed by atoms with Gasteiger partial charge in [-0.15, -0.1) is 10.2 Å². The van der Waals surface area contributed by atoms with Gasteiger partial charge in [0.1, 0.15) is 5.83 Å². The van der Waals surface area contributed by atoms with Crippen molar-refractivity contribution in [3.8, 4) is 0 Å². The van der Waals surface area contributed by atoms with Gasteiger partial charge < -0.3 is 9.80 Å². The number of carbonyl (C=O) groups excluding carboxylic acids is 1. The summed E-state index contributed by atoms with van der Waals surface area (Å²) in [6.07, 6.45) is 10.8. The van der Waals surface area contributed by atoms with Crippen molar-refractivity contribution in [3.63, 3.8) is 0 Å². The number of aromatic nitrogens is 6. The molecule has 1 unspecified atom stereocenters. The second-order valence-electron chi connectivity index (χ2n) is 12.4. The van der Waals surface area contributed by atoms with Gasteiger partial charge in [-0.25, -0.2) is 4.39 Å². The molecule has 4 aromatic rings. The molecule has 2 saturated heterocycles. The Morgan fingerprint density at radius 3 is 2.44 bits per heavy atom. The average Bonchev–Trinajstić information content (AvgIpc) is 3.86. The second-order valence-corrected chi connectivity index (χ2v) is 12.4. The highest BCUT2D eigenvalue weighted by atomic mass is 19.1. The molecule has 2 fully saturated rings. The standard InChI is InChI=1S/C35H39FN8O/c36-30-11-13-31(14-12-30)44-34(32(23-37-44)35(45)42-22-17-29(25-42)27-9-5-2-6-10-27)28-15-19-41(20-16-28)21-18-33-38-40-43(39-33)24-26-7-3-1-4-8-26/h1-13,23,28-29,31H,14-22,24-25H2/t29-,31?/m0/s1. The van der Waals surface area contributed by atoms with Crippen molar-refractivity contribution in [2.24, 2.45) is 0 Å². The number of benzene rings is 2. The number of allylic oxidation sites excluding steroid dienone is 4. The van der Waals surface area contributed by atoms with E-state index in [2.05, 4.69) is 56.7 Å². The number of amides is 1. The Balaban J connectivity index is 1.02. The molecule has 4 heterocycles. The zero-order valence-corrected chi connectivity index (χ0v) is 25.5. The van der Waals surface area contributed by atoms with Gasteiger partial charge in [0.2, 0.25) is 0 Å². The van der Waals surface area contributed by atoms with Crippen molar-refractivity contribution >= 4 is 5.91 Å². The highest BCUT2D eigenvalue weighted by molar-refractivity contribution is 5.95. The lowest BCUT2D eigenvalue weighted by Crippen LogP contribution is -2.36. The molecule has 0 saturated carbocycles. The fourth-order valence-electron chi connectivity index (χ4n) is 6.96. The minimum absolute atomic E-state index is 0.0586. The Bertz CT molecular complexity index is 1660. The van der Waals surface area contributed by atoms with Crippen LogP contribution in [0.4, 0.5) is 4.39 Å². The number of rotatable bonds is 9. The SMILES string of the molecule is O=C(c1cnn(C2C=CC(F)=CC2)c1C1CCN(CCc2nnn(Cc3ccccc3)n2)CC1)N1CC[C@H](c2ccccc2)C1. The van der Waals surface area contributed by atoms with E-state index in [0.717, 1.165) is 68.9 Å². The third-order valence-corrected chi connectivity index (χ3v) is 9.44. The molecule has 2 atom stereocenters. The third kappa shape index (κ3) is 6.66. The Morgan fingerprint density at radius 2 is 1.69 bits per heavy atom. The number of tetrazole rings is 1. The number of piperidine rings is 1. The van der Waals surface area contributed by atoms with E-state index >= 15 is 0 Å². The molecule has 0 spiro atoms.